The molecule has 2 aromatic carbocycles. The maximum atomic E-state index is 5.42. The van der Waals surface area contributed by atoms with Crippen molar-refractivity contribution in [3.05, 3.63) is 58.2 Å². The van der Waals surface area contributed by atoms with E-state index in [4.69, 9.17) is 14.2 Å². The van der Waals surface area contributed by atoms with Gasteiger partial charge in [0.05, 0.1) is 12.8 Å². The Morgan fingerprint density at radius 3 is 2.75 bits per heavy atom. The van der Waals surface area contributed by atoms with E-state index in [9.17, 15) is 0 Å². The van der Waals surface area contributed by atoms with Gasteiger partial charge in [0.25, 0.3) is 0 Å². The van der Waals surface area contributed by atoms with Gasteiger partial charge in [-0.2, -0.15) is 0 Å². The molecule has 0 unspecified atom stereocenters. The first kappa shape index (κ1) is 15.0. The van der Waals surface area contributed by atoms with Crippen molar-refractivity contribution in [2.24, 2.45) is 0 Å². The van der Waals surface area contributed by atoms with Crippen molar-refractivity contribution in [3.63, 3.8) is 0 Å². The van der Waals surface area contributed by atoms with Crippen molar-refractivity contribution >= 4 is 39.0 Å². The zero-order valence-electron chi connectivity index (χ0n) is 13.0. The average molecular weight is 384 g/mol. The van der Waals surface area contributed by atoms with Crippen LogP contribution in [0.4, 0.5) is 0 Å². The first-order valence-electron chi connectivity index (χ1n) is 7.45. The van der Waals surface area contributed by atoms with Gasteiger partial charge in [-0.05, 0) is 35.9 Å². The number of aromatic nitrogens is 1. The van der Waals surface area contributed by atoms with Gasteiger partial charge in [0, 0.05) is 9.86 Å². The molecule has 0 radical (unpaired) electrons. The number of hydrogen-bond donors (Lipinski definition) is 0. The van der Waals surface area contributed by atoms with Gasteiger partial charge >= 0.3 is 0 Å². The number of fused-ring (bicyclic) bond motifs is 2. The molecule has 3 aromatic rings. The quantitative estimate of drug-likeness (QED) is 0.644. The fourth-order valence-corrected chi connectivity index (χ4v) is 3.08. The van der Waals surface area contributed by atoms with Gasteiger partial charge in [-0.15, -0.1) is 0 Å². The van der Waals surface area contributed by atoms with Crippen molar-refractivity contribution < 1.29 is 14.2 Å². The summed E-state index contributed by atoms with van der Waals surface area (Å²) in [5.41, 5.74) is 2.71. The van der Waals surface area contributed by atoms with Crippen molar-refractivity contribution in [2.45, 2.75) is 0 Å². The number of pyridine rings is 1. The van der Waals surface area contributed by atoms with Crippen molar-refractivity contribution in [1.82, 2.24) is 4.98 Å². The topological polar surface area (TPSA) is 40.6 Å². The second-order valence-electron chi connectivity index (χ2n) is 5.33. The molecule has 0 saturated heterocycles. The summed E-state index contributed by atoms with van der Waals surface area (Å²) in [6.07, 6.45) is 3.96. The van der Waals surface area contributed by atoms with E-state index in [2.05, 4.69) is 20.9 Å². The highest BCUT2D eigenvalue weighted by Crippen LogP contribution is 2.37. The molecule has 0 bridgehead atoms. The van der Waals surface area contributed by atoms with Crippen LogP contribution in [0.25, 0.3) is 23.1 Å². The van der Waals surface area contributed by atoms with Crippen LogP contribution in [-0.4, -0.2) is 18.9 Å². The van der Waals surface area contributed by atoms with Crippen LogP contribution in [0.2, 0.25) is 0 Å². The van der Waals surface area contributed by atoms with E-state index in [1.165, 1.54) is 0 Å². The molecular weight excluding hydrogens is 370 g/mol. The van der Waals surface area contributed by atoms with Gasteiger partial charge in [0.2, 0.25) is 6.79 Å². The predicted molar refractivity (Wildman–Crippen MR) is 97.5 cm³/mol. The molecule has 4 rings (SSSR count). The van der Waals surface area contributed by atoms with Gasteiger partial charge in [-0.1, -0.05) is 40.2 Å². The highest BCUT2D eigenvalue weighted by Gasteiger charge is 2.15. The Bertz CT molecular complexity index is 953. The molecule has 120 valence electrons. The molecule has 0 atom stereocenters. The van der Waals surface area contributed by atoms with Gasteiger partial charge in [-0.25, -0.2) is 4.98 Å². The van der Waals surface area contributed by atoms with Crippen LogP contribution in [0, 0.1) is 0 Å². The number of hydrogen-bond acceptors (Lipinski definition) is 4. The van der Waals surface area contributed by atoms with Crippen LogP contribution in [0.1, 0.15) is 11.3 Å². The molecule has 1 aliphatic heterocycles. The van der Waals surface area contributed by atoms with Crippen LogP contribution in [0.3, 0.4) is 0 Å². The van der Waals surface area contributed by atoms with E-state index >= 15 is 0 Å². The fourth-order valence-electron chi connectivity index (χ4n) is 2.63. The Morgan fingerprint density at radius 1 is 1.08 bits per heavy atom. The van der Waals surface area contributed by atoms with E-state index in [1.807, 2.05) is 54.6 Å². The fraction of sp³-hybridized carbons (Fsp3) is 0.105. The third kappa shape index (κ3) is 2.71. The molecule has 4 nitrogen and oxygen atoms in total. The maximum absolute atomic E-state index is 5.42. The van der Waals surface area contributed by atoms with E-state index in [0.717, 1.165) is 43.9 Å². The van der Waals surface area contributed by atoms with Gasteiger partial charge < -0.3 is 14.2 Å². The number of benzene rings is 2. The van der Waals surface area contributed by atoms with Crippen molar-refractivity contribution in [2.75, 3.05) is 13.9 Å². The molecular formula is C19H14BrNO3. The van der Waals surface area contributed by atoms with Crippen molar-refractivity contribution in [1.29, 1.82) is 0 Å². The lowest BCUT2D eigenvalue weighted by Gasteiger charge is -2.05. The molecule has 0 N–H and O–H groups in total. The second kappa shape index (κ2) is 6.17. The van der Waals surface area contributed by atoms with E-state index in [0.29, 0.717) is 0 Å². The zero-order chi connectivity index (χ0) is 16.5. The standard InChI is InChI=1S/C19H14BrNO3/c1-22-16-4-2-3-12-5-7-14(21-19(12)16)8-6-13-9-17-18(10-15(13)20)24-11-23-17/h2-10H,11H2,1H3. The molecule has 0 aliphatic carbocycles. The first-order chi connectivity index (χ1) is 11.7. The number of methoxy groups -OCH3 is 1. The summed E-state index contributed by atoms with van der Waals surface area (Å²) < 4.78 is 17.1. The summed E-state index contributed by atoms with van der Waals surface area (Å²) in [5.74, 6) is 2.28. The molecule has 0 spiro atoms. The minimum absolute atomic E-state index is 0.265. The Labute approximate surface area is 147 Å². The van der Waals surface area contributed by atoms with E-state index in [-0.39, 0.29) is 6.79 Å². The zero-order valence-corrected chi connectivity index (χ0v) is 14.5. The third-order valence-electron chi connectivity index (χ3n) is 3.85. The molecule has 5 heteroatoms. The summed E-state index contributed by atoms with van der Waals surface area (Å²) in [4.78, 5) is 4.68. The second-order valence-corrected chi connectivity index (χ2v) is 6.18. The average Bonchev–Trinajstić information content (AvgIpc) is 3.06. The number of halogens is 1. The Balaban J connectivity index is 1.70. The SMILES string of the molecule is COc1cccc2ccc(C=Cc3cc4c(cc3Br)OCO4)nc12. The van der Waals surface area contributed by atoms with Gasteiger partial charge in [0.1, 0.15) is 11.3 Å². The predicted octanol–water partition coefficient (Wildman–Crippen LogP) is 4.91. The third-order valence-corrected chi connectivity index (χ3v) is 4.54. The summed E-state index contributed by atoms with van der Waals surface area (Å²) in [6.45, 7) is 0.265. The minimum Gasteiger partial charge on any atom is -0.494 e. The highest BCUT2D eigenvalue weighted by atomic mass is 79.9. The molecule has 0 amide bonds. The van der Waals surface area contributed by atoms with Crippen LogP contribution in [0.15, 0.2) is 46.9 Å². The van der Waals surface area contributed by atoms with Crippen LogP contribution >= 0.6 is 15.9 Å². The molecule has 0 fully saturated rings. The number of nitrogens with zero attached hydrogens (tertiary/aromatic N) is 1. The summed E-state index contributed by atoms with van der Waals surface area (Å²) in [7, 11) is 1.66. The lowest BCUT2D eigenvalue weighted by Crippen LogP contribution is -1.92. The van der Waals surface area contributed by atoms with Gasteiger partial charge in [-0.3, -0.25) is 0 Å². The molecule has 1 aliphatic rings. The normalized spacial score (nSPS) is 12.9. The van der Waals surface area contributed by atoms with E-state index < -0.39 is 0 Å². The monoisotopic (exact) mass is 383 g/mol. The summed E-state index contributed by atoms with van der Waals surface area (Å²) in [6, 6.07) is 13.8. The number of rotatable bonds is 3. The van der Waals surface area contributed by atoms with Crippen LogP contribution < -0.4 is 14.2 Å². The lowest BCUT2D eigenvalue weighted by molar-refractivity contribution is 0.174. The molecule has 2 heterocycles. The van der Waals surface area contributed by atoms with E-state index in [1.54, 1.807) is 7.11 Å². The smallest absolute Gasteiger partial charge is 0.231 e. The summed E-state index contributed by atoms with van der Waals surface area (Å²) in [5, 5.41) is 1.05. The van der Waals surface area contributed by atoms with Crippen molar-refractivity contribution in [3.8, 4) is 17.2 Å². The molecule has 24 heavy (non-hydrogen) atoms. The number of ether oxygens (including phenoxy) is 3. The van der Waals surface area contributed by atoms with Gasteiger partial charge in [0.15, 0.2) is 11.5 Å². The molecule has 1 aromatic heterocycles. The molecule has 0 saturated carbocycles. The Kier molecular flexibility index (Phi) is 3.86. The first-order valence-corrected chi connectivity index (χ1v) is 8.25. The maximum Gasteiger partial charge on any atom is 0.231 e. The number of para-hydroxylation sites is 1. The summed E-state index contributed by atoms with van der Waals surface area (Å²) >= 11 is 3.56. The lowest BCUT2D eigenvalue weighted by atomic mass is 10.1. The van der Waals surface area contributed by atoms with Crippen LogP contribution in [0.5, 0.6) is 17.2 Å². The highest BCUT2D eigenvalue weighted by molar-refractivity contribution is 9.10. The largest absolute Gasteiger partial charge is 0.494 e. The Morgan fingerprint density at radius 2 is 1.92 bits per heavy atom. The minimum atomic E-state index is 0.265. The van der Waals surface area contributed by atoms with Crippen LogP contribution in [-0.2, 0) is 0 Å². The Hall–Kier alpha value is -2.53.